The third-order valence-electron chi connectivity index (χ3n) is 2.07. The number of hydrogen-bond donors (Lipinski definition) is 0. The van der Waals surface area contributed by atoms with Crippen LogP contribution in [0.2, 0.25) is 0 Å². The second-order valence-electron chi connectivity index (χ2n) is 3.31. The van der Waals surface area contributed by atoms with Crippen molar-refractivity contribution in [2.45, 2.75) is 6.42 Å². The number of carbonyl (C=O) groups is 2. The van der Waals surface area contributed by atoms with E-state index < -0.39 is 0 Å². The Hall–Kier alpha value is -1.06. The zero-order chi connectivity index (χ0) is 9.14. The molecule has 68 valence electrons. The van der Waals surface area contributed by atoms with E-state index >= 15 is 0 Å². The van der Waals surface area contributed by atoms with Crippen LogP contribution in [0.25, 0.3) is 0 Å². The molecule has 0 bridgehead atoms. The molecule has 4 heteroatoms. The summed E-state index contributed by atoms with van der Waals surface area (Å²) >= 11 is 0. The highest BCUT2D eigenvalue weighted by Crippen LogP contribution is 2.14. The zero-order valence-corrected chi connectivity index (χ0v) is 7.49. The molecule has 0 aromatic heterocycles. The van der Waals surface area contributed by atoms with E-state index in [0.29, 0.717) is 13.1 Å². The Balaban J connectivity index is 2.46. The van der Waals surface area contributed by atoms with Gasteiger partial charge in [-0.15, -0.1) is 0 Å². The first kappa shape index (κ1) is 9.03. The molecule has 12 heavy (non-hydrogen) atoms. The van der Waals surface area contributed by atoms with E-state index in [-0.39, 0.29) is 11.9 Å². The molecule has 1 saturated heterocycles. The highest BCUT2D eigenvalue weighted by Gasteiger charge is 2.26. The number of amides is 2. The summed E-state index contributed by atoms with van der Waals surface area (Å²) in [4.78, 5) is 25.0. The molecule has 1 aliphatic heterocycles. The first-order valence-corrected chi connectivity index (χ1v) is 4.06. The lowest BCUT2D eigenvalue weighted by atomic mass is 10.1. The molecule has 0 spiro atoms. The molecular weight excluding hydrogens is 156 g/mol. The summed E-state index contributed by atoms with van der Waals surface area (Å²) in [6.45, 7) is 1.29. The lowest BCUT2D eigenvalue weighted by molar-refractivity contribution is -0.110. The Morgan fingerprint density at radius 2 is 2.25 bits per heavy atom. The molecule has 1 heterocycles. The topological polar surface area (TPSA) is 40.6 Å². The summed E-state index contributed by atoms with van der Waals surface area (Å²) in [6, 6.07) is -0.000602. The number of nitrogens with zero attached hydrogens (tertiary/aromatic N) is 2. The van der Waals surface area contributed by atoms with Gasteiger partial charge in [-0.25, -0.2) is 4.79 Å². The van der Waals surface area contributed by atoms with Crippen molar-refractivity contribution in [3.05, 3.63) is 0 Å². The molecule has 0 radical (unpaired) electrons. The minimum atomic E-state index is -0.000602. The predicted octanol–water partition coefficient (Wildman–Crippen LogP) is 0.189. The number of urea groups is 1. The van der Waals surface area contributed by atoms with Gasteiger partial charge in [-0.2, -0.15) is 0 Å². The summed E-state index contributed by atoms with van der Waals surface area (Å²) in [6.07, 6.45) is 1.74. The van der Waals surface area contributed by atoms with E-state index in [0.717, 1.165) is 12.7 Å². The molecule has 0 aromatic carbocycles. The highest BCUT2D eigenvalue weighted by atomic mass is 16.2. The Bertz CT molecular complexity index is 191. The lowest BCUT2D eigenvalue weighted by Crippen LogP contribution is -2.37. The molecule has 0 N–H and O–H groups in total. The number of hydrogen-bond acceptors (Lipinski definition) is 2. The second-order valence-corrected chi connectivity index (χ2v) is 3.31. The molecule has 1 rings (SSSR count). The molecule has 2 amide bonds. The fourth-order valence-corrected chi connectivity index (χ4v) is 1.35. The van der Waals surface area contributed by atoms with Gasteiger partial charge in [0, 0.05) is 33.1 Å². The molecule has 1 atom stereocenters. The quantitative estimate of drug-likeness (QED) is 0.527. The smallest absolute Gasteiger partial charge is 0.319 e. The maximum absolute atomic E-state index is 11.3. The summed E-state index contributed by atoms with van der Waals surface area (Å²) in [5.41, 5.74) is 0. The first-order valence-electron chi connectivity index (χ1n) is 4.06. The molecule has 0 aliphatic carbocycles. The van der Waals surface area contributed by atoms with Crippen molar-refractivity contribution >= 4 is 12.3 Å². The van der Waals surface area contributed by atoms with E-state index in [1.165, 1.54) is 4.90 Å². The van der Waals surface area contributed by atoms with Crippen molar-refractivity contribution in [1.29, 1.82) is 0 Å². The van der Waals surface area contributed by atoms with Crippen LogP contribution in [-0.2, 0) is 4.79 Å². The van der Waals surface area contributed by atoms with Crippen LogP contribution < -0.4 is 0 Å². The third kappa shape index (κ3) is 1.75. The van der Waals surface area contributed by atoms with Gasteiger partial charge in [0.25, 0.3) is 0 Å². The maximum Gasteiger partial charge on any atom is 0.319 e. The number of aldehydes is 1. The maximum atomic E-state index is 11.3. The van der Waals surface area contributed by atoms with Crippen LogP contribution in [0.15, 0.2) is 0 Å². The van der Waals surface area contributed by atoms with Crippen LogP contribution in [0, 0.1) is 5.92 Å². The van der Waals surface area contributed by atoms with Crippen LogP contribution in [-0.4, -0.2) is 49.3 Å². The largest absolute Gasteiger partial charge is 0.331 e. The van der Waals surface area contributed by atoms with Crippen molar-refractivity contribution in [2.75, 3.05) is 27.2 Å². The number of carbonyl (C=O) groups excluding carboxylic acids is 2. The van der Waals surface area contributed by atoms with Gasteiger partial charge in [-0.1, -0.05) is 0 Å². The standard InChI is InChI=1S/C8H14N2O2/c1-9(2)8(12)10-4-3-7(5-10)6-11/h6-7H,3-5H2,1-2H3. The lowest BCUT2D eigenvalue weighted by Gasteiger charge is -2.20. The fraction of sp³-hybridized carbons (Fsp3) is 0.750. The Kier molecular flexibility index (Phi) is 2.68. The molecule has 1 fully saturated rings. The zero-order valence-electron chi connectivity index (χ0n) is 7.49. The molecular formula is C8H14N2O2. The summed E-state index contributed by atoms with van der Waals surface area (Å²) in [5.74, 6) is 0.0499. The van der Waals surface area contributed by atoms with Gasteiger partial charge in [0.15, 0.2) is 0 Å². The van der Waals surface area contributed by atoms with Gasteiger partial charge >= 0.3 is 6.03 Å². The Labute approximate surface area is 72.1 Å². The minimum absolute atomic E-state index is 0.000602. The van der Waals surface area contributed by atoms with E-state index in [1.54, 1.807) is 19.0 Å². The van der Waals surface area contributed by atoms with Crippen LogP contribution >= 0.6 is 0 Å². The third-order valence-corrected chi connectivity index (χ3v) is 2.07. The average molecular weight is 170 g/mol. The van der Waals surface area contributed by atoms with Crippen molar-refractivity contribution < 1.29 is 9.59 Å². The van der Waals surface area contributed by atoms with Crippen LogP contribution in [0.3, 0.4) is 0 Å². The molecule has 0 saturated carbocycles. The summed E-state index contributed by atoms with van der Waals surface area (Å²) in [5, 5.41) is 0. The van der Waals surface area contributed by atoms with Gasteiger partial charge in [-0.05, 0) is 6.42 Å². The summed E-state index contributed by atoms with van der Waals surface area (Å²) < 4.78 is 0. The van der Waals surface area contributed by atoms with Crippen molar-refractivity contribution in [1.82, 2.24) is 9.80 Å². The van der Waals surface area contributed by atoms with Crippen LogP contribution in [0.4, 0.5) is 4.79 Å². The SMILES string of the molecule is CN(C)C(=O)N1CCC(C=O)C1. The Morgan fingerprint density at radius 1 is 1.58 bits per heavy atom. The molecule has 1 unspecified atom stereocenters. The Morgan fingerprint density at radius 3 is 2.67 bits per heavy atom. The van der Waals surface area contributed by atoms with Gasteiger partial charge in [0.2, 0.25) is 0 Å². The average Bonchev–Trinajstić information content (AvgIpc) is 2.50. The molecule has 4 nitrogen and oxygen atoms in total. The molecule has 1 aliphatic rings. The van der Waals surface area contributed by atoms with Crippen LogP contribution in [0.1, 0.15) is 6.42 Å². The van der Waals surface area contributed by atoms with Gasteiger partial charge in [-0.3, -0.25) is 0 Å². The number of likely N-dealkylation sites (tertiary alicyclic amines) is 1. The van der Waals surface area contributed by atoms with Gasteiger partial charge < -0.3 is 14.6 Å². The van der Waals surface area contributed by atoms with Gasteiger partial charge in [0.1, 0.15) is 6.29 Å². The second kappa shape index (κ2) is 3.56. The van der Waals surface area contributed by atoms with Crippen molar-refractivity contribution in [2.24, 2.45) is 5.92 Å². The first-order chi connectivity index (χ1) is 5.65. The normalized spacial score (nSPS) is 22.5. The number of rotatable bonds is 1. The predicted molar refractivity (Wildman–Crippen MR) is 44.8 cm³/mol. The minimum Gasteiger partial charge on any atom is -0.331 e. The van der Waals surface area contributed by atoms with E-state index in [4.69, 9.17) is 0 Å². The monoisotopic (exact) mass is 170 g/mol. The van der Waals surface area contributed by atoms with E-state index in [9.17, 15) is 9.59 Å². The molecule has 0 aromatic rings. The highest BCUT2D eigenvalue weighted by molar-refractivity contribution is 5.75. The van der Waals surface area contributed by atoms with Crippen molar-refractivity contribution in [3.8, 4) is 0 Å². The van der Waals surface area contributed by atoms with E-state index in [2.05, 4.69) is 0 Å². The van der Waals surface area contributed by atoms with Crippen molar-refractivity contribution in [3.63, 3.8) is 0 Å². The van der Waals surface area contributed by atoms with Crippen LogP contribution in [0.5, 0.6) is 0 Å². The summed E-state index contributed by atoms with van der Waals surface area (Å²) in [7, 11) is 3.44. The van der Waals surface area contributed by atoms with E-state index in [1.807, 2.05) is 0 Å². The van der Waals surface area contributed by atoms with Gasteiger partial charge in [0.05, 0.1) is 0 Å². The fourth-order valence-electron chi connectivity index (χ4n) is 1.35.